The van der Waals surface area contributed by atoms with Gasteiger partial charge in [-0.05, 0) is 46.1 Å². The highest BCUT2D eigenvalue weighted by molar-refractivity contribution is 5.79. The zero-order valence-corrected chi connectivity index (χ0v) is 15.4. The lowest BCUT2D eigenvalue weighted by Gasteiger charge is -2.19. The molecule has 0 fully saturated rings. The molecule has 0 aromatic heterocycles. The molecule has 2 amide bonds. The maximum absolute atomic E-state index is 12.2. The second-order valence-electron chi connectivity index (χ2n) is 6.67. The van der Waals surface area contributed by atoms with Crippen LogP contribution in [-0.4, -0.2) is 43.5 Å². The third kappa shape index (κ3) is 8.67. The van der Waals surface area contributed by atoms with Gasteiger partial charge in [-0.2, -0.15) is 0 Å². The van der Waals surface area contributed by atoms with E-state index < -0.39 is 0 Å². The fraction of sp³-hybridized carbons (Fsp3) is 0.579. The summed E-state index contributed by atoms with van der Waals surface area (Å²) in [7, 11) is 0. The molecule has 0 aliphatic heterocycles. The minimum Gasteiger partial charge on any atom is -0.349 e. The molecule has 0 saturated heterocycles. The van der Waals surface area contributed by atoms with Gasteiger partial charge in [-0.3, -0.25) is 9.59 Å². The van der Waals surface area contributed by atoms with Gasteiger partial charge in [0.2, 0.25) is 0 Å². The number of aryl methyl sites for hydroxylation is 1. The molecule has 0 aliphatic rings. The average molecular weight is 334 g/mol. The van der Waals surface area contributed by atoms with Gasteiger partial charge in [-0.1, -0.05) is 30.3 Å². The summed E-state index contributed by atoms with van der Waals surface area (Å²) in [6, 6.07) is 10.5. The second-order valence-corrected chi connectivity index (χ2v) is 6.67. The summed E-state index contributed by atoms with van der Waals surface area (Å²) in [5, 5.41) is 5.91. The Bertz CT molecular complexity index is 503. The first-order valence-electron chi connectivity index (χ1n) is 8.87. The standard InChI is InChI=1S/C19H31N3O2/c1-5-22(13-18(23)20-15(2)3)14-19(24)21-16(4)11-12-17-9-7-6-8-10-17/h6-10,15-16H,5,11-14H2,1-4H3,(H,20,23)(H,21,24)/p+1/t16-/m1/s1. The fourth-order valence-electron chi connectivity index (χ4n) is 2.57. The lowest BCUT2D eigenvalue weighted by Crippen LogP contribution is -3.14. The van der Waals surface area contributed by atoms with Crippen LogP contribution >= 0.6 is 0 Å². The van der Waals surface area contributed by atoms with Crippen LogP contribution in [0.4, 0.5) is 0 Å². The van der Waals surface area contributed by atoms with Crippen molar-refractivity contribution in [2.75, 3.05) is 19.6 Å². The number of quaternary nitrogens is 1. The molecule has 5 nitrogen and oxygen atoms in total. The van der Waals surface area contributed by atoms with Crippen LogP contribution in [0.5, 0.6) is 0 Å². The highest BCUT2D eigenvalue weighted by Crippen LogP contribution is 2.04. The largest absolute Gasteiger partial charge is 0.349 e. The van der Waals surface area contributed by atoms with E-state index >= 15 is 0 Å². The summed E-state index contributed by atoms with van der Waals surface area (Å²) in [4.78, 5) is 25.0. The van der Waals surface area contributed by atoms with Crippen molar-refractivity contribution in [2.24, 2.45) is 0 Å². The lowest BCUT2D eigenvalue weighted by atomic mass is 10.1. The van der Waals surface area contributed by atoms with Crippen LogP contribution in [0, 0.1) is 0 Å². The molecule has 5 heteroatoms. The number of hydrogen-bond donors (Lipinski definition) is 3. The van der Waals surface area contributed by atoms with Gasteiger partial charge in [0.25, 0.3) is 11.8 Å². The van der Waals surface area contributed by atoms with Gasteiger partial charge < -0.3 is 15.5 Å². The SMILES string of the molecule is CC[NH+](CC(=O)NC(C)C)CC(=O)N[C@H](C)CCc1ccccc1. The first-order chi connectivity index (χ1) is 11.4. The normalized spacial score (nSPS) is 13.4. The molecule has 24 heavy (non-hydrogen) atoms. The number of likely N-dealkylation sites (N-methyl/N-ethyl adjacent to an activating group) is 1. The van der Waals surface area contributed by atoms with Crippen LogP contribution in [0.1, 0.15) is 39.7 Å². The van der Waals surface area contributed by atoms with Crippen molar-refractivity contribution < 1.29 is 14.5 Å². The van der Waals surface area contributed by atoms with E-state index in [1.165, 1.54) is 5.56 Å². The van der Waals surface area contributed by atoms with E-state index in [4.69, 9.17) is 0 Å². The second kappa shape index (κ2) is 10.8. The summed E-state index contributed by atoms with van der Waals surface area (Å²) in [5.41, 5.74) is 1.28. The summed E-state index contributed by atoms with van der Waals surface area (Å²) in [6.07, 6.45) is 1.86. The first kappa shape index (κ1) is 20.2. The lowest BCUT2D eigenvalue weighted by molar-refractivity contribution is -0.881. The third-order valence-corrected chi connectivity index (χ3v) is 3.89. The van der Waals surface area contributed by atoms with Crippen LogP contribution in [0.25, 0.3) is 0 Å². The van der Waals surface area contributed by atoms with Gasteiger partial charge in [-0.25, -0.2) is 0 Å². The van der Waals surface area contributed by atoms with Crippen molar-refractivity contribution in [1.82, 2.24) is 10.6 Å². The number of carbonyl (C=O) groups excluding carboxylic acids is 2. The summed E-state index contributed by atoms with van der Waals surface area (Å²) >= 11 is 0. The number of carbonyl (C=O) groups is 2. The van der Waals surface area contributed by atoms with E-state index in [0.717, 1.165) is 24.3 Å². The Labute approximate surface area is 145 Å². The fourth-order valence-corrected chi connectivity index (χ4v) is 2.57. The monoisotopic (exact) mass is 334 g/mol. The number of benzene rings is 1. The molecule has 0 bridgehead atoms. The van der Waals surface area contributed by atoms with Crippen molar-refractivity contribution in [2.45, 2.75) is 52.6 Å². The van der Waals surface area contributed by atoms with E-state index in [2.05, 4.69) is 22.8 Å². The first-order valence-corrected chi connectivity index (χ1v) is 8.87. The Balaban J connectivity index is 2.33. The van der Waals surface area contributed by atoms with Gasteiger partial charge in [0.15, 0.2) is 13.1 Å². The van der Waals surface area contributed by atoms with Crippen LogP contribution in [0.2, 0.25) is 0 Å². The van der Waals surface area contributed by atoms with E-state index in [0.29, 0.717) is 13.1 Å². The number of amides is 2. The Morgan fingerprint density at radius 2 is 1.58 bits per heavy atom. The topological polar surface area (TPSA) is 62.6 Å². The van der Waals surface area contributed by atoms with Crippen LogP contribution in [0.3, 0.4) is 0 Å². The smallest absolute Gasteiger partial charge is 0.275 e. The van der Waals surface area contributed by atoms with Crippen LogP contribution < -0.4 is 15.5 Å². The third-order valence-electron chi connectivity index (χ3n) is 3.89. The number of rotatable bonds is 10. The van der Waals surface area contributed by atoms with E-state index in [9.17, 15) is 9.59 Å². The highest BCUT2D eigenvalue weighted by atomic mass is 16.2. The Morgan fingerprint density at radius 3 is 2.12 bits per heavy atom. The van der Waals surface area contributed by atoms with E-state index in [-0.39, 0.29) is 23.9 Å². The average Bonchev–Trinajstić information content (AvgIpc) is 2.52. The molecule has 0 radical (unpaired) electrons. The minimum absolute atomic E-state index is 0.00441. The molecule has 134 valence electrons. The molecular formula is C19H32N3O2+. The maximum atomic E-state index is 12.2. The van der Waals surface area contributed by atoms with Crippen molar-refractivity contribution in [3.05, 3.63) is 35.9 Å². The van der Waals surface area contributed by atoms with Gasteiger partial charge >= 0.3 is 0 Å². The van der Waals surface area contributed by atoms with E-state index in [1.807, 2.05) is 45.9 Å². The highest BCUT2D eigenvalue weighted by Gasteiger charge is 2.18. The van der Waals surface area contributed by atoms with E-state index in [1.54, 1.807) is 0 Å². The van der Waals surface area contributed by atoms with Gasteiger partial charge in [0, 0.05) is 12.1 Å². The zero-order valence-electron chi connectivity index (χ0n) is 15.4. The number of hydrogen-bond acceptors (Lipinski definition) is 2. The minimum atomic E-state index is -0.00761. The molecule has 0 spiro atoms. The van der Waals surface area contributed by atoms with Crippen molar-refractivity contribution in [3.63, 3.8) is 0 Å². The van der Waals surface area contributed by atoms with Gasteiger partial charge in [0.05, 0.1) is 6.54 Å². The van der Waals surface area contributed by atoms with Crippen LogP contribution in [0.15, 0.2) is 30.3 Å². The molecule has 0 aliphatic carbocycles. The maximum Gasteiger partial charge on any atom is 0.275 e. The van der Waals surface area contributed by atoms with Crippen LogP contribution in [-0.2, 0) is 16.0 Å². The molecule has 0 heterocycles. The molecule has 1 rings (SSSR count). The molecule has 1 aromatic carbocycles. The van der Waals surface area contributed by atoms with Crippen molar-refractivity contribution in [3.8, 4) is 0 Å². The van der Waals surface area contributed by atoms with Crippen molar-refractivity contribution in [1.29, 1.82) is 0 Å². The van der Waals surface area contributed by atoms with Crippen molar-refractivity contribution >= 4 is 11.8 Å². The summed E-state index contributed by atoms with van der Waals surface area (Å²) in [6.45, 7) is 9.30. The molecular weight excluding hydrogens is 302 g/mol. The Morgan fingerprint density at radius 1 is 1.00 bits per heavy atom. The Kier molecular flexibility index (Phi) is 9.08. The molecule has 1 unspecified atom stereocenters. The summed E-state index contributed by atoms with van der Waals surface area (Å²) < 4.78 is 0. The molecule has 2 atom stereocenters. The summed E-state index contributed by atoms with van der Waals surface area (Å²) in [5.74, 6) is -0.00321. The van der Waals surface area contributed by atoms with Gasteiger partial charge in [0.1, 0.15) is 0 Å². The quantitative estimate of drug-likeness (QED) is 0.585. The Hall–Kier alpha value is -1.88. The predicted molar refractivity (Wildman–Crippen MR) is 96.9 cm³/mol. The molecule has 1 aromatic rings. The number of nitrogens with one attached hydrogen (secondary N) is 3. The molecule has 3 N–H and O–H groups in total. The van der Waals surface area contributed by atoms with Gasteiger partial charge in [-0.15, -0.1) is 0 Å². The predicted octanol–water partition coefficient (Wildman–Crippen LogP) is 0.553. The molecule has 0 saturated carbocycles. The zero-order chi connectivity index (χ0) is 17.9.